The molecule has 0 aromatic carbocycles. The third-order valence-electron chi connectivity index (χ3n) is 2.64. The smallest absolute Gasteiger partial charge is 0.272 e. The van der Waals surface area contributed by atoms with Crippen molar-refractivity contribution in [1.82, 2.24) is 15.3 Å². The minimum absolute atomic E-state index is 0.134. The van der Waals surface area contributed by atoms with Crippen LogP contribution in [0.5, 0.6) is 0 Å². The summed E-state index contributed by atoms with van der Waals surface area (Å²) in [6.07, 6.45) is 3.60. The number of nitrogens with zero attached hydrogens (tertiary/aromatic N) is 2. The Morgan fingerprint density at radius 3 is 2.53 bits per heavy atom. The molecule has 1 rings (SSSR count). The van der Waals surface area contributed by atoms with Crippen molar-refractivity contribution < 1.29 is 4.79 Å². The quantitative estimate of drug-likeness (QED) is 0.794. The molecule has 19 heavy (non-hydrogen) atoms. The van der Waals surface area contributed by atoms with Gasteiger partial charge in [0.1, 0.15) is 5.82 Å². The maximum atomic E-state index is 12.1. The molecule has 0 aliphatic rings. The molecule has 0 radical (unpaired) electrons. The Bertz CT molecular complexity index is 418. The summed E-state index contributed by atoms with van der Waals surface area (Å²) in [5.41, 5.74) is 1.15. The van der Waals surface area contributed by atoms with E-state index >= 15 is 0 Å². The lowest BCUT2D eigenvalue weighted by atomic mass is 10.2. The first-order chi connectivity index (χ1) is 9.10. The van der Waals surface area contributed by atoms with Gasteiger partial charge in [-0.05, 0) is 12.8 Å². The van der Waals surface area contributed by atoms with Gasteiger partial charge in [-0.2, -0.15) is 0 Å². The van der Waals surface area contributed by atoms with Gasteiger partial charge < -0.3 is 10.6 Å². The van der Waals surface area contributed by atoms with Gasteiger partial charge in [-0.1, -0.05) is 27.7 Å². The fourth-order valence-corrected chi connectivity index (χ4v) is 1.56. The predicted molar refractivity (Wildman–Crippen MR) is 77.5 cm³/mol. The van der Waals surface area contributed by atoms with E-state index in [1.165, 1.54) is 0 Å². The van der Waals surface area contributed by atoms with E-state index in [9.17, 15) is 4.79 Å². The second kappa shape index (κ2) is 7.71. The molecule has 1 heterocycles. The number of hydrogen-bond acceptors (Lipinski definition) is 4. The molecule has 1 amide bonds. The molecule has 0 bridgehead atoms. The Hall–Kier alpha value is -1.65. The lowest BCUT2D eigenvalue weighted by Gasteiger charge is -2.12. The number of rotatable bonds is 7. The predicted octanol–water partition coefficient (Wildman–Crippen LogP) is 2.56. The molecular formula is C14H24N4O. The largest absolute Gasteiger partial charge is 0.382 e. The summed E-state index contributed by atoms with van der Waals surface area (Å²) in [5.74, 6) is 0.770. The summed E-state index contributed by atoms with van der Waals surface area (Å²) < 4.78 is 0. The van der Waals surface area contributed by atoms with Crippen LogP contribution in [0.1, 0.15) is 62.8 Å². The van der Waals surface area contributed by atoms with Crippen LogP contribution in [0.4, 0.5) is 5.69 Å². The highest BCUT2D eigenvalue weighted by atomic mass is 16.1. The van der Waals surface area contributed by atoms with Gasteiger partial charge in [0.05, 0.1) is 11.9 Å². The number of nitrogens with one attached hydrogen (secondary N) is 2. The van der Waals surface area contributed by atoms with Crippen LogP contribution < -0.4 is 10.6 Å². The molecule has 106 valence electrons. The molecule has 5 nitrogen and oxygen atoms in total. The second-order valence-corrected chi connectivity index (χ2v) is 4.83. The van der Waals surface area contributed by atoms with E-state index in [0.717, 1.165) is 19.4 Å². The summed E-state index contributed by atoms with van der Waals surface area (Å²) in [6, 6.07) is 0. The van der Waals surface area contributed by atoms with Gasteiger partial charge in [0, 0.05) is 19.0 Å². The Labute approximate surface area is 115 Å². The highest BCUT2D eigenvalue weighted by Crippen LogP contribution is 2.16. The van der Waals surface area contributed by atoms with Gasteiger partial charge in [-0.25, -0.2) is 9.97 Å². The number of amides is 1. The van der Waals surface area contributed by atoms with Crippen LogP contribution in [0.3, 0.4) is 0 Å². The number of carbonyl (C=O) groups excluding carboxylic acids is 1. The molecule has 0 aliphatic heterocycles. The van der Waals surface area contributed by atoms with E-state index in [-0.39, 0.29) is 11.8 Å². The van der Waals surface area contributed by atoms with Crippen molar-refractivity contribution in [2.24, 2.45) is 0 Å². The van der Waals surface area contributed by atoms with E-state index in [4.69, 9.17) is 0 Å². The monoisotopic (exact) mass is 264 g/mol. The number of aromatic nitrogens is 2. The Morgan fingerprint density at radius 2 is 1.95 bits per heavy atom. The molecule has 0 spiro atoms. The first kappa shape index (κ1) is 15.4. The van der Waals surface area contributed by atoms with Crippen LogP contribution in [-0.4, -0.2) is 29.0 Å². The maximum absolute atomic E-state index is 12.1. The van der Waals surface area contributed by atoms with Crippen molar-refractivity contribution in [3.63, 3.8) is 0 Å². The molecule has 0 saturated heterocycles. The normalized spacial score (nSPS) is 10.6. The van der Waals surface area contributed by atoms with Crippen LogP contribution >= 0.6 is 0 Å². The van der Waals surface area contributed by atoms with Gasteiger partial charge in [0.25, 0.3) is 5.91 Å². The molecule has 0 aliphatic carbocycles. The van der Waals surface area contributed by atoms with Crippen molar-refractivity contribution in [3.8, 4) is 0 Å². The van der Waals surface area contributed by atoms with Crippen molar-refractivity contribution in [3.05, 3.63) is 17.7 Å². The maximum Gasteiger partial charge on any atom is 0.272 e. The third kappa shape index (κ3) is 4.50. The zero-order valence-corrected chi connectivity index (χ0v) is 12.3. The summed E-state index contributed by atoms with van der Waals surface area (Å²) in [5, 5.41) is 6.06. The van der Waals surface area contributed by atoms with E-state index < -0.39 is 0 Å². The van der Waals surface area contributed by atoms with Crippen molar-refractivity contribution in [2.75, 3.05) is 18.4 Å². The first-order valence-electron chi connectivity index (χ1n) is 6.99. The minimum Gasteiger partial charge on any atom is -0.382 e. The highest BCUT2D eigenvalue weighted by Gasteiger charge is 2.15. The Balaban J connectivity index is 2.99. The van der Waals surface area contributed by atoms with Gasteiger partial charge >= 0.3 is 0 Å². The van der Waals surface area contributed by atoms with Crippen molar-refractivity contribution >= 4 is 11.6 Å². The average molecular weight is 264 g/mol. The molecular weight excluding hydrogens is 240 g/mol. The van der Waals surface area contributed by atoms with E-state index in [1.54, 1.807) is 6.20 Å². The molecule has 2 N–H and O–H groups in total. The fraction of sp³-hybridized carbons (Fsp3) is 0.643. The topological polar surface area (TPSA) is 66.9 Å². The summed E-state index contributed by atoms with van der Waals surface area (Å²) in [6.45, 7) is 9.60. The Kier molecular flexibility index (Phi) is 6.25. The minimum atomic E-state index is -0.134. The fourth-order valence-electron chi connectivity index (χ4n) is 1.56. The summed E-state index contributed by atoms with van der Waals surface area (Å²) >= 11 is 0. The molecule has 0 unspecified atom stereocenters. The van der Waals surface area contributed by atoms with E-state index in [2.05, 4.69) is 27.5 Å². The first-order valence-corrected chi connectivity index (χ1v) is 6.99. The molecule has 0 saturated carbocycles. The molecule has 0 atom stereocenters. The van der Waals surface area contributed by atoms with Crippen LogP contribution in [0, 0.1) is 0 Å². The van der Waals surface area contributed by atoms with Crippen molar-refractivity contribution in [2.45, 2.75) is 46.5 Å². The molecule has 1 aromatic heterocycles. The van der Waals surface area contributed by atoms with E-state index in [1.807, 2.05) is 20.8 Å². The number of hydrogen-bond donors (Lipinski definition) is 2. The van der Waals surface area contributed by atoms with Crippen LogP contribution in [0.25, 0.3) is 0 Å². The van der Waals surface area contributed by atoms with Crippen molar-refractivity contribution in [1.29, 1.82) is 0 Å². The molecule has 1 aromatic rings. The van der Waals surface area contributed by atoms with Gasteiger partial charge in [0.15, 0.2) is 5.69 Å². The van der Waals surface area contributed by atoms with Gasteiger partial charge in [0.2, 0.25) is 0 Å². The zero-order valence-electron chi connectivity index (χ0n) is 12.3. The number of carbonyl (C=O) groups is 1. The molecule has 0 fully saturated rings. The Morgan fingerprint density at radius 1 is 1.26 bits per heavy atom. The number of anilines is 1. The lowest BCUT2D eigenvalue weighted by Crippen LogP contribution is -2.27. The molecule has 5 heteroatoms. The van der Waals surface area contributed by atoms with Crippen LogP contribution in [-0.2, 0) is 0 Å². The zero-order chi connectivity index (χ0) is 14.3. The highest BCUT2D eigenvalue weighted by molar-refractivity contribution is 5.97. The summed E-state index contributed by atoms with van der Waals surface area (Å²) in [7, 11) is 0. The van der Waals surface area contributed by atoms with Gasteiger partial charge in [-0.15, -0.1) is 0 Å². The SMILES string of the molecule is CCCNC(=O)c1nc(C(C)C)ncc1NCCC. The summed E-state index contributed by atoms with van der Waals surface area (Å²) in [4.78, 5) is 20.8. The standard InChI is InChI=1S/C14H24N4O/c1-5-7-15-11-9-17-13(10(3)4)18-12(11)14(19)16-8-6-2/h9-10,15H,5-8H2,1-4H3,(H,16,19). The van der Waals surface area contributed by atoms with E-state index in [0.29, 0.717) is 23.8 Å². The third-order valence-corrected chi connectivity index (χ3v) is 2.64. The lowest BCUT2D eigenvalue weighted by molar-refractivity contribution is 0.0949. The average Bonchev–Trinajstić information content (AvgIpc) is 2.42. The second-order valence-electron chi connectivity index (χ2n) is 4.83. The van der Waals surface area contributed by atoms with Gasteiger partial charge in [-0.3, -0.25) is 4.79 Å². The van der Waals surface area contributed by atoms with Crippen LogP contribution in [0.15, 0.2) is 6.20 Å². The van der Waals surface area contributed by atoms with Crippen LogP contribution in [0.2, 0.25) is 0 Å².